The molecule has 1 heterocycles. The molecular formula is C18H16N2O2S. The van der Waals surface area contributed by atoms with E-state index in [1.54, 1.807) is 42.6 Å². The van der Waals surface area contributed by atoms with Crippen molar-refractivity contribution in [2.24, 2.45) is 4.99 Å². The van der Waals surface area contributed by atoms with Gasteiger partial charge in [0.1, 0.15) is 0 Å². The molecule has 0 spiro atoms. The fourth-order valence-electron chi connectivity index (χ4n) is 2.74. The van der Waals surface area contributed by atoms with Gasteiger partial charge in [-0.25, -0.2) is 8.42 Å². The van der Waals surface area contributed by atoms with Crippen LogP contribution in [0.5, 0.6) is 0 Å². The summed E-state index contributed by atoms with van der Waals surface area (Å²) in [6.07, 6.45) is 1.78. The number of fused-ring (bicyclic) bond motifs is 2. The zero-order valence-corrected chi connectivity index (χ0v) is 14.0. The third-order valence-electron chi connectivity index (χ3n) is 3.99. The molecule has 3 rings (SSSR count). The van der Waals surface area contributed by atoms with Crippen molar-refractivity contribution < 1.29 is 8.42 Å². The Morgan fingerprint density at radius 3 is 2.30 bits per heavy atom. The molecule has 1 aliphatic heterocycles. The molecule has 5 heteroatoms. The van der Waals surface area contributed by atoms with Crippen LogP contribution < -0.4 is 0 Å². The van der Waals surface area contributed by atoms with Crippen LogP contribution in [0.25, 0.3) is 0 Å². The highest BCUT2D eigenvalue weighted by Gasteiger charge is 2.34. The normalized spacial score (nSPS) is 17.2. The van der Waals surface area contributed by atoms with E-state index < -0.39 is 9.84 Å². The molecule has 0 aromatic heterocycles. The number of nitriles is 1. The van der Waals surface area contributed by atoms with Crippen LogP contribution in [-0.2, 0) is 15.3 Å². The monoisotopic (exact) mass is 324 g/mol. The van der Waals surface area contributed by atoms with Crippen LogP contribution in [0, 0.1) is 11.5 Å². The van der Waals surface area contributed by atoms with E-state index in [1.165, 1.54) is 0 Å². The number of rotatable bonds is 0. The summed E-state index contributed by atoms with van der Waals surface area (Å²) in [5.74, 6) is 0. The molecule has 0 saturated heterocycles. The van der Waals surface area contributed by atoms with E-state index in [2.05, 4.69) is 4.99 Å². The van der Waals surface area contributed by atoms with E-state index in [-0.39, 0.29) is 15.2 Å². The van der Waals surface area contributed by atoms with Gasteiger partial charge >= 0.3 is 0 Å². The Morgan fingerprint density at radius 1 is 1.00 bits per heavy atom. The summed E-state index contributed by atoms with van der Waals surface area (Å²) in [6.45, 7) is 6.09. The fourth-order valence-corrected chi connectivity index (χ4v) is 4.42. The first-order chi connectivity index (χ1) is 10.8. The molecule has 0 fully saturated rings. The molecule has 0 aliphatic carbocycles. The molecule has 0 radical (unpaired) electrons. The molecule has 0 unspecified atom stereocenters. The van der Waals surface area contributed by atoms with Gasteiger partial charge in [0.05, 0.1) is 15.5 Å². The van der Waals surface area contributed by atoms with E-state index in [4.69, 9.17) is 5.26 Å². The number of hydrogen-bond acceptors (Lipinski definition) is 4. The van der Waals surface area contributed by atoms with Gasteiger partial charge in [-0.2, -0.15) is 10.3 Å². The summed E-state index contributed by atoms with van der Waals surface area (Å²) in [5.41, 5.74) is 2.13. The summed E-state index contributed by atoms with van der Waals surface area (Å²) >= 11 is 0. The van der Waals surface area contributed by atoms with Gasteiger partial charge < -0.3 is 0 Å². The lowest BCUT2D eigenvalue weighted by molar-refractivity contribution is 0.583. The molecule has 1 aliphatic rings. The maximum absolute atomic E-state index is 13.0. The second-order valence-corrected chi connectivity index (χ2v) is 8.41. The Balaban J connectivity index is 2.41. The molecule has 0 atom stereocenters. The highest BCUT2D eigenvalue weighted by atomic mass is 32.2. The summed E-state index contributed by atoms with van der Waals surface area (Å²) in [6, 6.07) is 12.0. The van der Waals surface area contributed by atoms with E-state index in [0.29, 0.717) is 16.8 Å². The maximum Gasteiger partial charge on any atom is 0.207 e. The van der Waals surface area contributed by atoms with Crippen LogP contribution in [0.2, 0.25) is 0 Å². The molecule has 23 heavy (non-hydrogen) atoms. The van der Waals surface area contributed by atoms with Crippen molar-refractivity contribution in [1.82, 2.24) is 0 Å². The molecular weight excluding hydrogens is 308 g/mol. The second kappa shape index (κ2) is 5.04. The topological polar surface area (TPSA) is 70.3 Å². The zero-order valence-electron chi connectivity index (χ0n) is 13.2. The predicted molar refractivity (Wildman–Crippen MR) is 88.3 cm³/mol. The van der Waals surface area contributed by atoms with Gasteiger partial charge in [-0.05, 0) is 23.1 Å². The molecule has 0 bridgehead atoms. The first-order valence-electron chi connectivity index (χ1n) is 7.23. The minimum Gasteiger partial charge on any atom is -0.218 e. The van der Waals surface area contributed by atoms with Crippen LogP contribution >= 0.6 is 0 Å². The van der Waals surface area contributed by atoms with Gasteiger partial charge in [0.25, 0.3) is 0 Å². The second-order valence-electron chi connectivity index (χ2n) is 6.52. The van der Waals surface area contributed by atoms with Gasteiger partial charge in [-0.1, -0.05) is 51.1 Å². The minimum atomic E-state index is -3.63. The quantitative estimate of drug-likeness (QED) is 0.595. The van der Waals surface area contributed by atoms with Gasteiger partial charge in [-0.15, -0.1) is 0 Å². The van der Waals surface area contributed by atoms with Crippen molar-refractivity contribution in [3.05, 3.63) is 59.2 Å². The van der Waals surface area contributed by atoms with Gasteiger partial charge in [0.2, 0.25) is 16.0 Å². The average molecular weight is 324 g/mol. The summed E-state index contributed by atoms with van der Waals surface area (Å²) < 4.78 is 26.0. The first-order valence-corrected chi connectivity index (χ1v) is 8.71. The van der Waals surface area contributed by atoms with Gasteiger partial charge in [-0.3, -0.25) is 0 Å². The highest BCUT2D eigenvalue weighted by Crippen LogP contribution is 2.37. The third kappa shape index (κ3) is 2.36. The molecule has 0 amide bonds. The summed E-state index contributed by atoms with van der Waals surface area (Å²) in [5, 5.41) is 9.00. The summed E-state index contributed by atoms with van der Waals surface area (Å²) in [7, 11) is -3.63. The highest BCUT2D eigenvalue weighted by molar-refractivity contribution is 7.91. The Morgan fingerprint density at radius 2 is 1.65 bits per heavy atom. The molecule has 2 aromatic carbocycles. The Bertz CT molecular complexity index is 975. The number of aliphatic imine (C=N–C) groups is 1. The summed E-state index contributed by atoms with van der Waals surface area (Å²) in [4.78, 5) is 4.30. The minimum absolute atomic E-state index is 0.173. The zero-order chi connectivity index (χ0) is 16.8. The van der Waals surface area contributed by atoms with E-state index >= 15 is 0 Å². The predicted octanol–water partition coefficient (Wildman–Crippen LogP) is 3.45. The number of benzene rings is 2. The molecule has 2 aromatic rings. The van der Waals surface area contributed by atoms with Crippen LogP contribution in [-0.4, -0.2) is 14.1 Å². The van der Waals surface area contributed by atoms with E-state index in [9.17, 15) is 8.42 Å². The Kier molecular flexibility index (Phi) is 3.38. The van der Waals surface area contributed by atoms with Gasteiger partial charge in [0.15, 0.2) is 0 Å². The molecule has 0 saturated carbocycles. The van der Waals surface area contributed by atoms with Crippen molar-refractivity contribution in [1.29, 1.82) is 5.26 Å². The number of hydrogen-bond donors (Lipinski definition) is 0. The maximum atomic E-state index is 13.0. The van der Waals surface area contributed by atoms with Crippen LogP contribution in [0.4, 0.5) is 0 Å². The van der Waals surface area contributed by atoms with Gasteiger partial charge in [0, 0.05) is 11.1 Å². The molecule has 116 valence electrons. The van der Waals surface area contributed by atoms with Crippen LogP contribution in [0.1, 0.15) is 37.5 Å². The standard InChI is InChI=1S/C18H16N2O2S/c1-18(2,3)12-8-9-14-16(10-12)23(21,22)15-7-5-4-6-13(15)17(14)20-11-19/h4-10H,1-3H3. The molecule has 0 N–H and O–H groups in total. The SMILES string of the molecule is CC(C)(C)c1ccc2c(c1)S(=O)(=O)c1ccccc1C2=NC#N. The average Bonchev–Trinajstić information content (AvgIpc) is 2.50. The Labute approximate surface area is 136 Å². The van der Waals surface area contributed by atoms with Crippen LogP contribution in [0.15, 0.2) is 57.2 Å². The lowest BCUT2D eigenvalue weighted by Gasteiger charge is -2.25. The smallest absolute Gasteiger partial charge is 0.207 e. The third-order valence-corrected chi connectivity index (χ3v) is 5.84. The largest absolute Gasteiger partial charge is 0.218 e. The van der Waals surface area contributed by atoms with Crippen molar-refractivity contribution >= 4 is 15.5 Å². The van der Waals surface area contributed by atoms with Crippen LogP contribution in [0.3, 0.4) is 0 Å². The van der Waals surface area contributed by atoms with Crippen molar-refractivity contribution in [2.45, 2.75) is 36.0 Å². The first kappa shape index (κ1) is 15.4. The number of nitrogens with zero attached hydrogens (tertiary/aromatic N) is 2. The fraction of sp³-hybridized carbons (Fsp3) is 0.222. The van der Waals surface area contributed by atoms with E-state index in [0.717, 1.165) is 5.56 Å². The lowest BCUT2D eigenvalue weighted by Crippen LogP contribution is -2.22. The number of sulfone groups is 1. The van der Waals surface area contributed by atoms with Crippen molar-refractivity contribution in [3.8, 4) is 6.19 Å². The van der Waals surface area contributed by atoms with E-state index in [1.807, 2.05) is 26.8 Å². The van der Waals surface area contributed by atoms with Crippen molar-refractivity contribution in [3.63, 3.8) is 0 Å². The molecule has 4 nitrogen and oxygen atoms in total. The van der Waals surface area contributed by atoms with Crippen molar-refractivity contribution in [2.75, 3.05) is 0 Å². The Hall–Kier alpha value is -2.45. The lowest BCUT2D eigenvalue weighted by atomic mass is 9.86.